The molecule has 0 unspecified atom stereocenters. The van der Waals surface area contributed by atoms with Crippen LogP contribution in [0.15, 0.2) is 18.2 Å². The van der Waals surface area contributed by atoms with Gasteiger partial charge in [0.15, 0.2) is 0 Å². The monoisotopic (exact) mass is 471 g/mol. The Kier molecular flexibility index (Phi) is 8.88. The summed E-state index contributed by atoms with van der Waals surface area (Å²) >= 11 is 0. The quantitative estimate of drug-likeness (QED) is 0.682. The molecule has 1 aliphatic heterocycles. The molecule has 1 aromatic carbocycles. The molecule has 3 atom stereocenters. The molecule has 1 N–H and O–H groups in total. The van der Waals surface area contributed by atoms with E-state index in [9.17, 15) is 18.0 Å². The van der Waals surface area contributed by atoms with E-state index in [0.717, 1.165) is 6.26 Å². The molecule has 1 heterocycles. The van der Waals surface area contributed by atoms with E-state index in [-0.39, 0.29) is 60.1 Å². The van der Waals surface area contributed by atoms with Gasteiger partial charge in [0.25, 0.3) is 5.91 Å². The van der Waals surface area contributed by atoms with Gasteiger partial charge in [0.2, 0.25) is 15.9 Å². The molecule has 0 aliphatic carbocycles. The maximum Gasteiger partial charge on any atom is 0.257 e. The van der Waals surface area contributed by atoms with Crippen molar-refractivity contribution in [1.29, 1.82) is 0 Å². The van der Waals surface area contributed by atoms with E-state index >= 15 is 0 Å². The summed E-state index contributed by atoms with van der Waals surface area (Å²) in [5.74, 6) is -0.289. The number of carbonyl (C=O) groups excluding carboxylic acids is 2. The number of likely N-dealkylation sites (N-methyl/N-ethyl adjacent to an activating group) is 1. The van der Waals surface area contributed by atoms with E-state index in [1.54, 1.807) is 19.1 Å². The van der Waals surface area contributed by atoms with Crippen LogP contribution in [0.25, 0.3) is 0 Å². The molecule has 11 heteroatoms. The SMILES string of the molecule is COCC(=O)N1C[C@@H](C)[C@H](OC)CN(C)C(=O)c2ccc(NS(C)(=O)=O)cc2OC[C@@H]1C. The lowest BCUT2D eigenvalue weighted by molar-refractivity contribution is -0.139. The van der Waals surface area contributed by atoms with E-state index in [0.29, 0.717) is 13.1 Å². The van der Waals surface area contributed by atoms with Crippen molar-refractivity contribution in [3.8, 4) is 5.75 Å². The standard InChI is InChI=1S/C21H33N3O7S/c1-14-10-24(20(25)13-29-4)15(2)12-31-18-9-16(22-32(6,27)28)7-8-17(18)21(26)23(3)11-19(14)30-5/h7-9,14-15,19,22H,10-13H2,1-6H3/t14-,15+,19-/m1/s1. The second-order valence-corrected chi connectivity index (χ2v) is 9.91. The van der Waals surface area contributed by atoms with Crippen LogP contribution in [0.5, 0.6) is 5.75 Å². The van der Waals surface area contributed by atoms with Crippen LogP contribution in [-0.4, -0.2) is 96.0 Å². The number of hydrogen-bond acceptors (Lipinski definition) is 7. The highest BCUT2D eigenvalue weighted by Crippen LogP contribution is 2.27. The van der Waals surface area contributed by atoms with Gasteiger partial charge < -0.3 is 24.0 Å². The normalized spacial score (nSPS) is 22.9. The second kappa shape index (κ2) is 11.0. The zero-order chi connectivity index (χ0) is 24.1. The van der Waals surface area contributed by atoms with Gasteiger partial charge in [0, 0.05) is 46.3 Å². The number of amides is 2. The first kappa shape index (κ1) is 25.9. The number of sulfonamides is 1. The van der Waals surface area contributed by atoms with E-state index in [1.807, 2.05) is 13.8 Å². The predicted molar refractivity (Wildman–Crippen MR) is 120 cm³/mol. The average Bonchev–Trinajstić information content (AvgIpc) is 2.71. The minimum Gasteiger partial charge on any atom is -0.491 e. The van der Waals surface area contributed by atoms with Gasteiger partial charge in [-0.05, 0) is 19.1 Å². The highest BCUT2D eigenvalue weighted by atomic mass is 32.2. The van der Waals surface area contributed by atoms with Crippen molar-refractivity contribution in [3.05, 3.63) is 23.8 Å². The molecule has 10 nitrogen and oxygen atoms in total. The third kappa shape index (κ3) is 6.81. The van der Waals surface area contributed by atoms with Gasteiger partial charge in [-0.2, -0.15) is 0 Å². The molecule has 0 aromatic heterocycles. The Hall–Kier alpha value is -2.37. The van der Waals surface area contributed by atoms with Crippen LogP contribution in [0, 0.1) is 5.92 Å². The minimum atomic E-state index is -3.51. The van der Waals surface area contributed by atoms with Gasteiger partial charge in [0.1, 0.15) is 19.0 Å². The van der Waals surface area contributed by atoms with Crippen LogP contribution in [0.4, 0.5) is 5.69 Å². The van der Waals surface area contributed by atoms with Crippen LogP contribution in [0.3, 0.4) is 0 Å². The molecule has 0 fully saturated rings. The summed E-state index contributed by atoms with van der Waals surface area (Å²) in [7, 11) is 1.20. The third-order valence-electron chi connectivity index (χ3n) is 5.34. The van der Waals surface area contributed by atoms with Crippen molar-refractivity contribution in [2.75, 3.05) is 58.5 Å². The number of carbonyl (C=O) groups is 2. The molecule has 0 saturated heterocycles. The Balaban J connectivity index is 2.47. The average molecular weight is 472 g/mol. The number of anilines is 1. The topological polar surface area (TPSA) is 114 Å². The molecule has 32 heavy (non-hydrogen) atoms. The molecule has 0 bridgehead atoms. The number of rotatable bonds is 5. The van der Waals surface area contributed by atoms with Gasteiger partial charge >= 0.3 is 0 Å². The summed E-state index contributed by atoms with van der Waals surface area (Å²) < 4.78 is 42.3. The molecular weight excluding hydrogens is 438 g/mol. The van der Waals surface area contributed by atoms with Crippen molar-refractivity contribution < 1.29 is 32.2 Å². The molecule has 0 radical (unpaired) electrons. The minimum absolute atomic E-state index is 0.0567. The van der Waals surface area contributed by atoms with Crippen LogP contribution in [0.2, 0.25) is 0 Å². The van der Waals surface area contributed by atoms with Crippen molar-refractivity contribution in [2.24, 2.45) is 5.92 Å². The molecule has 1 aromatic rings. The zero-order valence-corrected chi connectivity index (χ0v) is 20.3. The summed E-state index contributed by atoms with van der Waals surface area (Å²) in [6.07, 6.45) is 0.740. The second-order valence-electron chi connectivity index (χ2n) is 8.16. The number of nitrogens with one attached hydrogen (secondary N) is 1. The molecule has 0 spiro atoms. The number of ether oxygens (including phenoxy) is 3. The van der Waals surface area contributed by atoms with Gasteiger partial charge in [-0.15, -0.1) is 0 Å². The van der Waals surface area contributed by atoms with Crippen molar-refractivity contribution >= 4 is 27.5 Å². The lowest BCUT2D eigenvalue weighted by atomic mass is 10.0. The molecular formula is C21H33N3O7S. The first-order valence-corrected chi connectivity index (χ1v) is 12.2. The summed E-state index contributed by atoms with van der Waals surface area (Å²) in [6, 6.07) is 4.18. The maximum atomic E-state index is 13.1. The number of nitrogens with zero attached hydrogens (tertiary/aromatic N) is 2. The fourth-order valence-corrected chi connectivity index (χ4v) is 4.16. The van der Waals surface area contributed by atoms with Gasteiger partial charge in [-0.1, -0.05) is 6.92 Å². The first-order chi connectivity index (χ1) is 15.0. The lowest BCUT2D eigenvalue weighted by Crippen LogP contribution is -2.49. The van der Waals surface area contributed by atoms with Crippen LogP contribution in [-0.2, 0) is 24.3 Å². The summed E-state index contributed by atoms with van der Waals surface area (Å²) in [6.45, 7) is 4.56. The number of hydrogen-bond donors (Lipinski definition) is 1. The Morgan fingerprint density at radius 1 is 1.25 bits per heavy atom. The van der Waals surface area contributed by atoms with Gasteiger partial charge in [0.05, 0.1) is 29.7 Å². The number of fused-ring (bicyclic) bond motifs is 1. The van der Waals surface area contributed by atoms with Crippen molar-refractivity contribution in [2.45, 2.75) is 26.0 Å². The summed E-state index contributed by atoms with van der Waals surface area (Å²) in [5, 5.41) is 0. The molecule has 1 aliphatic rings. The Labute approximate surface area is 189 Å². The van der Waals surface area contributed by atoms with Crippen molar-refractivity contribution in [1.82, 2.24) is 9.80 Å². The predicted octanol–water partition coefficient (Wildman–Crippen LogP) is 1.04. The summed E-state index contributed by atoms with van der Waals surface area (Å²) in [4.78, 5) is 29.0. The fraction of sp³-hybridized carbons (Fsp3) is 0.619. The Bertz CT molecular complexity index is 922. The first-order valence-electron chi connectivity index (χ1n) is 10.3. The van der Waals surface area contributed by atoms with Gasteiger partial charge in [-0.3, -0.25) is 14.3 Å². The maximum absolute atomic E-state index is 13.1. The zero-order valence-electron chi connectivity index (χ0n) is 19.5. The van der Waals surface area contributed by atoms with E-state index in [4.69, 9.17) is 14.2 Å². The Morgan fingerprint density at radius 2 is 1.94 bits per heavy atom. The van der Waals surface area contributed by atoms with E-state index in [1.165, 1.54) is 30.2 Å². The summed E-state index contributed by atoms with van der Waals surface area (Å²) in [5.41, 5.74) is 0.564. The Morgan fingerprint density at radius 3 is 2.53 bits per heavy atom. The highest BCUT2D eigenvalue weighted by molar-refractivity contribution is 7.92. The fourth-order valence-electron chi connectivity index (χ4n) is 3.60. The smallest absolute Gasteiger partial charge is 0.257 e. The van der Waals surface area contributed by atoms with E-state index in [2.05, 4.69) is 4.72 Å². The van der Waals surface area contributed by atoms with Crippen molar-refractivity contribution in [3.63, 3.8) is 0 Å². The van der Waals surface area contributed by atoms with Crippen LogP contribution < -0.4 is 9.46 Å². The molecule has 180 valence electrons. The number of benzene rings is 1. The van der Waals surface area contributed by atoms with Crippen LogP contribution in [0.1, 0.15) is 24.2 Å². The third-order valence-corrected chi connectivity index (χ3v) is 5.94. The molecule has 2 amide bonds. The lowest BCUT2D eigenvalue weighted by Gasteiger charge is -2.36. The molecule has 0 saturated carbocycles. The van der Waals surface area contributed by atoms with Crippen LogP contribution >= 0.6 is 0 Å². The molecule has 2 rings (SSSR count). The number of methoxy groups -OCH3 is 2. The highest BCUT2D eigenvalue weighted by Gasteiger charge is 2.30. The largest absolute Gasteiger partial charge is 0.491 e. The van der Waals surface area contributed by atoms with E-state index < -0.39 is 10.0 Å². The van der Waals surface area contributed by atoms with Gasteiger partial charge in [-0.25, -0.2) is 8.42 Å².